The molecule has 0 saturated carbocycles. The lowest BCUT2D eigenvalue weighted by molar-refractivity contribution is 0.0658. The van der Waals surface area contributed by atoms with E-state index in [0.717, 1.165) is 0 Å². The average molecular weight is 219 g/mol. The molecule has 0 amide bonds. The van der Waals surface area contributed by atoms with Crippen LogP contribution in [0.4, 0.5) is 8.78 Å². The molecule has 1 unspecified atom stereocenters. The Bertz CT molecular complexity index is 338. The lowest BCUT2D eigenvalue weighted by Gasteiger charge is -2.10. The maximum Gasteiger partial charge on any atom is 0.371 e. The lowest BCUT2D eigenvalue weighted by atomic mass is 10.2. The van der Waals surface area contributed by atoms with Gasteiger partial charge in [-0.3, -0.25) is 0 Å². The fraction of sp³-hybridized carbons (Fsp3) is 0.444. The largest absolute Gasteiger partial charge is 0.475 e. The molecule has 0 aliphatic carbocycles. The maximum atomic E-state index is 11.9. The number of rotatable bonds is 5. The number of furan rings is 1. The molecular formula is C9H11F2NO3. The van der Waals surface area contributed by atoms with Crippen molar-refractivity contribution in [1.29, 1.82) is 0 Å². The number of carboxylic acid groups (broad SMARTS) is 1. The van der Waals surface area contributed by atoms with Crippen LogP contribution in [0.5, 0.6) is 0 Å². The highest BCUT2D eigenvalue weighted by molar-refractivity contribution is 5.84. The minimum absolute atomic E-state index is 0.198. The van der Waals surface area contributed by atoms with Gasteiger partial charge < -0.3 is 14.8 Å². The number of hydrogen-bond donors (Lipinski definition) is 2. The van der Waals surface area contributed by atoms with Crippen molar-refractivity contribution in [3.63, 3.8) is 0 Å². The molecule has 0 bridgehead atoms. The molecule has 6 heteroatoms. The van der Waals surface area contributed by atoms with Gasteiger partial charge in [0.1, 0.15) is 5.76 Å². The quantitative estimate of drug-likeness (QED) is 0.793. The Morgan fingerprint density at radius 1 is 1.60 bits per heavy atom. The van der Waals surface area contributed by atoms with Crippen LogP contribution in [0, 0.1) is 0 Å². The number of aromatic carboxylic acids is 1. The number of carboxylic acids is 1. The summed E-state index contributed by atoms with van der Waals surface area (Å²) in [6.07, 6.45) is -2.44. The molecule has 1 heterocycles. The van der Waals surface area contributed by atoms with E-state index < -0.39 is 25.0 Å². The third-order valence-corrected chi connectivity index (χ3v) is 1.84. The Kier molecular flexibility index (Phi) is 3.79. The number of carbonyl (C=O) groups is 1. The zero-order valence-electron chi connectivity index (χ0n) is 8.04. The molecule has 2 N–H and O–H groups in total. The summed E-state index contributed by atoms with van der Waals surface area (Å²) in [7, 11) is 0. The molecule has 84 valence electrons. The van der Waals surface area contributed by atoms with Crippen molar-refractivity contribution < 1.29 is 23.1 Å². The summed E-state index contributed by atoms with van der Waals surface area (Å²) in [5.74, 6) is -1.05. The van der Waals surface area contributed by atoms with Gasteiger partial charge in [0.2, 0.25) is 5.76 Å². The van der Waals surface area contributed by atoms with Crippen LogP contribution in [0.25, 0.3) is 0 Å². The average Bonchev–Trinajstić information content (AvgIpc) is 2.62. The fourth-order valence-electron chi connectivity index (χ4n) is 1.07. The van der Waals surface area contributed by atoms with Crippen LogP contribution >= 0.6 is 0 Å². The van der Waals surface area contributed by atoms with Crippen LogP contribution in [0.15, 0.2) is 16.5 Å². The standard InChI is InChI=1S/C9H11F2NO3/c1-5(12-4-8(10)11)6-2-3-7(15-6)9(13)14/h2-3,5,8,12H,4H2,1H3,(H,13,14). The summed E-state index contributed by atoms with van der Waals surface area (Å²) in [6.45, 7) is 1.16. The molecule has 0 radical (unpaired) electrons. The Morgan fingerprint density at radius 2 is 2.27 bits per heavy atom. The van der Waals surface area contributed by atoms with Crippen molar-refractivity contribution in [2.45, 2.75) is 19.4 Å². The third kappa shape index (κ3) is 3.32. The zero-order chi connectivity index (χ0) is 11.4. The first-order valence-electron chi connectivity index (χ1n) is 4.35. The van der Waals surface area contributed by atoms with Crippen molar-refractivity contribution in [3.05, 3.63) is 23.7 Å². The van der Waals surface area contributed by atoms with E-state index in [-0.39, 0.29) is 5.76 Å². The van der Waals surface area contributed by atoms with E-state index in [1.165, 1.54) is 12.1 Å². The Balaban J connectivity index is 2.58. The second-order valence-electron chi connectivity index (χ2n) is 3.03. The second kappa shape index (κ2) is 4.88. The van der Waals surface area contributed by atoms with E-state index in [4.69, 9.17) is 9.52 Å². The molecule has 0 fully saturated rings. The van der Waals surface area contributed by atoms with Gasteiger partial charge in [0.05, 0.1) is 12.6 Å². The van der Waals surface area contributed by atoms with Gasteiger partial charge in [0.25, 0.3) is 6.43 Å². The minimum Gasteiger partial charge on any atom is -0.475 e. The zero-order valence-corrected chi connectivity index (χ0v) is 8.04. The lowest BCUT2D eigenvalue weighted by Crippen LogP contribution is -2.24. The summed E-state index contributed by atoms with van der Waals surface area (Å²) in [5.41, 5.74) is 0. The minimum atomic E-state index is -2.44. The first kappa shape index (κ1) is 11.6. The fourth-order valence-corrected chi connectivity index (χ4v) is 1.07. The van der Waals surface area contributed by atoms with E-state index in [0.29, 0.717) is 5.76 Å². The highest BCUT2D eigenvalue weighted by Gasteiger charge is 2.14. The second-order valence-corrected chi connectivity index (χ2v) is 3.03. The molecule has 1 atom stereocenters. The molecule has 1 aromatic heterocycles. The Hall–Kier alpha value is -1.43. The van der Waals surface area contributed by atoms with E-state index in [1.807, 2.05) is 0 Å². The summed E-state index contributed by atoms with van der Waals surface area (Å²) >= 11 is 0. The normalized spacial score (nSPS) is 13.1. The number of hydrogen-bond acceptors (Lipinski definition) is 3. The monoisotopic (exact) mass is 219 g/mol. The first-order valence-corrected chi connectivity index (χ1v) is 4.35. The van der Waals surface area contributed by atoms with E-state index >= 15 is 0 Å². The third-order valence-electron chi connectivity index (χ3n) is 1.84. The van der Waals surface area contributed by atoms with Crippen LogP contribution in [0.1, 0.15) is 29.3 Å². The molecule has 1 aromatic rings. The predicted octanol–water partition coefficient (Wildman–Crippen LogP) is 1.89. The summed E-state index contributed by atoms with van der Waals surface area (Å²) in [4.78, 5) is 10.5. The van der Waals surface area contributed by atoms with Gasteiger partial charge >= 0.3 is 5.97 Å². The van der Waals surface area contributed by atoms with Gasteiger partial charge in [-0.05, 0) is 19.1 Å². The molecule has 4 nitrogen and oxygen atoms in total. The van der Waals surface area contributed by atoms with Gasteiger partial charge in [0.15, 0.2) is 0 Å². The molecule has 15 heavy (non-hydrogen) atoms. The smallest absolute Gasteiger partial charge is 0.371 e. The summed E-state index contributed by atoms with van der Waals surface area (Å²) < 4.78 is 28.6. The molecular weight excluding hydrogens is 208 g/mol. The van der Waals surface area contributed by atoms with Crippen LogP contribution in [0.2, 0.25) is 0 Å². The molecule has 0 aliphatic heterocycles. The van der Waals surface area contributed by atoms with Crippen LogP contribution < -0.4 is 5.32 Å². The maximum absolute atomic E-state index is 11.9. The van der Waals surface area contributed by atoms with Crippen molar-refractivity contribution in [3.8, 4) is 0 Å². The van der Waals surface area contributed by atoms with Crippen molar-refractivity contribution in [1.82, 2.24) is 5.32 Å². The SMILES string of the molecule is CC(NCC(F)F)c1ccc(C(=O)O)o1. The van der Waals surface area contributed by atoms with Crippen molar-refractivity contribution in [2.75, 3.05) is 6.54 Å². The highest BCUT2D eigenvalue weighted by Crippen LogP contribution is 2.16. The van der Waals surface area contributed by atoms with Gasteiger partial charge in [-0.1, -0.05) is 0 Å². The summed E-state index contributed by atoms with van der Waals surface area (Å²) in [5, 5.41) is 11.1. The first-order chi connectivity index (χ1) is 7.00. The Morgan fingerprint density at radius 3 is 2.73 bits per heavy atom. The molecule has 1 rings (SSSR count). The van der Waals surface area contributed by atoms with E-state index in [1.54, 1.807) is 6.92 Å². The van der Waals surface area contributed by atoms with Crippen LogP contribution in [-0.2, 0) is 0 Å². The predicted molar refractivity (Wildman–Crippen MR) is 48.1 cm³/mol. The number of halogens is 2. The van der Waals surface area contributed by atoms with Crippen LogP contribution in [-0.4, -0.2) is 24.0 Å². The van der Waals surface area contributed by atoms with E-state index in [2.05, 4.69) is 5.32 Å². The van der Waals surface area contributed by atoms with Gasteiger partial charge in [0, 0.05) is 0 Å². The molecule has 0 aliphatic rings. The molecule has 0 aromatic carbocycles. The van der Waals surface area contributed by atoms with E-state index in [9.17, 15) is 13.6 Å². The molecule has 0 saturated heterocycles. The van der Waals surface area contributed by atoms with Crippen molar-refractivity contribution >= 4 is 5.97 Å². The highest BCUT2D eigenvalue weighted by atomic mass is 19.3. The van der Waals surface area contributed by atoms with Crippen LogP contribution in [0.3, 0.4) is 0 Å². The Labute approximate surface area is 84.9 Å². The van der Waals surface area contributed by atoms with Gasteiger partial charge in [-0.25, -0.2) is 13.6 Å². The van der Waals surface area contributed by atoms with Gasteiger partial charge in [-0.15, -0.1) is 0 Å². The number of alkyl halides is 2. The molecule has 0 spiro atoms. The van der Waals surface area contributed by atoms with Gasteiger partial charge in [-0.2, -0.15) is 0 Å². The topological polar surface area (TPSA) is 62.5 Å². The summed E-state index contributed by atoms with van der Waals surface area (Å²) in [6, 6.07) is 2.30. The number of nitrogens with one attached hydrogen (secondary N) is 1. The van der Waals surface area contributed by atoms with Crippen molar-refractivity contribution in [2.24, 2.45) is 0 Å².